The van der Waals surface area contributed by atoms with Gasteiger partial charge < -0.3 is 10.2 Å². The Labute approximate surface area is 215 Å². The smallest absolute Gasteiger partial charge is 0.265 e. The van der Waals surface area contributed by atoms with Gasteiger partial charge in [-0.15, -0.1) is 0 Å². The lowest BCUT2D eigenvalue weighted by Gasteiger charge is -2.45. The van der Waals surface area contributed by atoms with Gasteiger partial charge in [0, 0.05) is 41.8 Å². The minimum Gasteiger partial charge on any atom is -0.348 e. The number of halogens is 2. The highest BCUT2D eigenvalue weighted by molar-refractivity contribution is 9.09. The maximum absolute atomic E-state index is 13.3. The number of rotatable bonds is 7. The summed E-state index contributed by atoms with van der Waals surface area (Å²) in [5.41, 5.74) is 0.674. The zero-order chi connectivity index (χ0) is 25.3. The molecule has 0 atom stereocenters. The lowest BCUT2D eigenvalue weighted by molar-refractivity contribution is -0.142. The molecule has 3 heterocycles. The summed E-state index contributed by atoms with van der Waals surface area (Å²) in [5, 5.41) is 3.85. The van der Waals surface area contributed by atoms with E-state index in [-0.39, 0.29) is 46.7 Å². The van der Waals surface area contributed by atoms with Crippen LogP contribution < -0.4 is 10.9 Å². The molecule has 0 radical (unpaired) electrons. The van der Waals surface area contributed by atoms with Crippen LogP contribution in [0, 0.1) is 5.41 Å². The maximum Gasteiger partial charge on any atom is 0.265 e. The van der Waals surface area contributed by atoms with Crippen LogP contribution in [0.5, 0.6) is 0 Å². The summed E-state index contributed by atoms with van der Waals surface area (Å²) in [4.78, 5) is 57.4. The van der Waals surface area contributed by atoms with Crippen molar-refractivity contribution in [3.05, 3.63) is 74.7 Å². The average molecular weight is 560 g/mol. The first-order chi connectivity index (χ1) is 16.6. The second-order valence-corrected chi connectivity index (χ2v) is 10.4. The van der Waals surface area contributed by atoms with E-state index in [1.165, 1.54) is 16.8 Å². The van der Waals surface area contributed by atoms with E-state index in [4.69, 9.17) is 11.6 Å². The highest BCUT2D eigenvalue weighted by atomic mass is 79.9. The van der Waals surface area contributed by atoms with Crippen molar-refractivity contribution in [3.63, 3.8) is 0 Å². The molecule has 0 spiro atoms. The fourth-order valence-electron chi connectivity index (χ4n) is 4.08. The Morgan fingerprint density at radius 2 is 1.83 bits per heavy atom. The largest absolute Gasteiger partial charge is 0.348 e. The fraction of sp³-hybridized carbons (Fsp3) is 0.320. The summed E-state index contributed by atoms with van der Waals surface area (Å²) in [7, 11) is 0. The molecule has 0 unspecified atom stereocenters. The Kier molecular flexibility index (Phi) is 7.10. The molecule has 1 fully saturated rings. The topological polar surface area (TPSA) is 101 Å². The number of alkyl halides is 1. The molecule has 0 bridgehead atoms. The van der Waals surface area contributed by atoms with Crippen molar-refractivity contribution in [2.45, 2.75) is 26.9 Å². The molecule has 4 rings (SSSR count). The third-order valence-electron chi connectivity index (χ3n) is 5.86. The molecule has 0 aliphatic carbocycles. The van der Waals surface area contributed by atoms with Crippen LogP contribution in [0.4, 0.5) is 0 Å². The first-order valence-corrected chi connectivity index (χ1v) is 12.5. The number of amides is 2. The lowest BCUT2D eigenvalue weighted by atomic mass is 9.84. The molecular weight excluding hydrogens is 536 g/mol. The number of hydrogen-bond donors (Lipinski definition) is 1. The predicted molar refractivity (Wildman–Crippen MR) is 137 cm³/mol. The first-order valence-electron chi connectivity index (χ1n) is 11.0. The molecule has 2 aromatic heterocycles. The Balaban J connectivity index is 1.69. The van der Waals surface area contributed by atoms with Crippen LogP contribution in [0.25, 0.3) is 11.0 Å². The molecule has 1 saturated heterocycles. The summed E-state index contributed by atoms with van der Waals surface area (Å²) < 4.78 is 1.21. The van der Waals surface area contributed by atoms with Crippen molar-refractivity contribution in [2.75, 3.05) is 18.4 Å². The van der Waals surface area contributed by atoms with Gasteiger partial charge in [-0.3, -0.25) is 23.7 Å². The Hall–Kier alpha value is -3.04. The molecule has 0 saturated carbocycles. The average Bonchev–Trinajstić information content (AvgIpc) is 2.82. The summed E-state index contributed by atoms with van der Waals surface area (Å²) in [6, 6.07) is 9.97. The first kappa shape index (κ1) is 25.1. The molecule has 1 aromatic carbocycles. The number of ketones is 1. The van der Waals surface area contributed by atoms with Gasteiger partial charge in [0.25, 0.3) is 11.5 Å². The van der Waals surface area contributed by atoms with E-state index < -0.39 is 11.5 Å². The molecule has 2 amide bonds. The number of pyridine rings is 2. The third-order valence-corrected chi connectivity index (χ3v) is 6.63. The van der Waals surface area contributed by atoms with Gasteiger partial charge in [-0.05, 0) is 35.2 Å². The fourth-order valence-corrected chi connectivity index (χ4v) is 4.53. The zero-order valence-electron chi connectivity index (χ0n) is 19.3. The Morgan fingerprint density at radius 1 is 1.14 bits per heavy atom. The number of aromatic nitrogens is 2. The third kappa shape index (κ3) is 5.46. The quantitative estimate of drug-likeness (QED) is 0.353. The van der Waals surface area contributed by atoms with Crippen LogP contribution in [0.1, 0.15) is 40.1 Å². The minimum absolute atomic E-state index is 0.0370. The van der Waals surface area contributed by atoms with Crippen molar-refractivity contribution in [2.24, 2.45) is 5.41 Å². The van der Waals surface area contributed by atoms with Gasteiger partial charge in [0.05, 0.1) is 5.33 Å². The van der Waals surface area contributed by atoms with E-state index >= 15 is 0 Å². The van der Waals surface area contributed by atoms with Crippen molar-refractivity contribution in [3.8, 4) is 0 Å². The van der Waals surface area contributed by atoms with Gasteiger partial charge >= 0.3 is 0 Å². The van der Waals surface area contributed by atoms with Crippen molar-refractivity contribution in [1.82, 2.24) is 19.8 Å². The Morgan fingerprint density at radius 3 is 2.46 bits per heavy atom. The van der Waals surface area contributed by atoms with E-state index in [0.717, 1.165) is 5.56 Å². The number of carbonyl (C=O) groups is 3. The number of fused-ring (bicyclic) bond motifs is 1. The summed E-state index contributed by atoms with van der Waals surface area (Å²) >= 11 is 9.05. The molecule has 10 heteroatoms. The van der Waals surface area contributed by atoms with Crippen LogP contribution in [0.3, 0.4) is 0 Å². The summed E-state index contributed by atoms with van der Waals surface area (Å²) in [6.07, 6.45) is 1.37. The lowest BCUT2D eigenvalue weighted by Crippen LogP contribution is -2.56. The second kappa shape index (κ2) is 9.91. The predicted octanol–water partition coefficient (Wildman–Crippen LogP) is 3.43. The van der Waals surface area contributed by atoms with Crippen LogP contribution in [0.15, 0.2) is 47.4 Å². The molecule has 1 N–H and O–H groups in total. The van der Waals surface area contributed by atoms with Crippen molar-refractivity contribution < 1.29 is 14.4 Å². The van der Waals surface area contributed by atoms with Crippen LogP contribution in [0.2, 0.25) is 5.02 Å². The standard InChI is InChI=1S/C25H24BrClN4O4/c1-25(2)13-30(14-25)21(33)12-31-22-16(7-17(11-28-22)20(32)9-26)8-19(24(31)35)23(34)29-10-15-3-5-18(27)6-4-15/h3-8,11H,9-10,12-14H2,1-2H3,(H,29,34). The van der Waals surface area contributed by atoms with Gasteiger partial charge in [0.1, 0.15) is 17.8 Å². The molecule has 35 heavy (non-hydrogen) atoms. The molecular formula is C25H24BrClN4O4. The van der Waals surface area contributed by atoms with Gasteiger partial charge in [-0.2, -0.15) is 0 Å². The van der Waals surface area contributed by atoms with Crippen LogP contribution in [-0.2, 0) is 17.9 Å². The molecule has 3 aromatic rings. The number of Topliss-reactive ketones (excluding diaryl/α,β-unsaturated/α-hetero) is 1. The normalized spacial score (nSPS) is 14.5. The van der Waals surface area contributed by atoms with Gasteiger partial charge in [0.15, 0.2) is 5.78 Å². The number of carbonyl (C=O) groups excluding carboxylic acids is 3. The summed E-state index contributed by atoms with van der Waals surface area (Å²) in [5.74, 6) is -1.01. The molecule has 1 aliphatic rings. The van der Waals surface area contributed by atoms with Gasteiger partial charge in [-0.25, -0.2) is 4.98 Å². The van der Waals surface area contributed by atoms with E-state index in [9.17, 15) is 19.2 Å². The number of nitrogens with zero attached hydrogens (tertiary/aromatic N) is 3. The summed E-state index contributed by atoms with van der Waals surface area (Å²) in [6.45, 7) is 5.26. The second-order valence-electron chi connectivity index (χ2n) is 9.37. The van der Waals surface area contributed by atoms with E-state index in [1.807, 2.05) is 0 Å². The number of hydrogen-bond acceptors (Lipinski definition) is 5. The highest BCUT2D eigenvalue weighted by Crippen LogP contribution is 2.28. The van der Waals surface area contributed by atoms with Crippen molar-refractivity contribution >= 4 is 56.2 Å². The SMILES string of the molecule is CC1(C)CN(C(=O)Cn2c(=O)c(C(=O)NCc3ccc(Cl)cc3)cc3cc(C(=O)CBr)cnc32)C1. The highest BCUT2D eigenvalue weighted by Gasteiger charge is 2.37. The Bertz CT molecular complexity index is 1380. The van der Waals surface area contributed by atoms with E-state index in [1.54, 1.807) is 35.2 Å². The number of nitrogens with one attached hydrogen (secondary N) is 1. The maximum atomic E-state index is 13.3. The molecule has 1 aliphatic heterocycles. The molecule has 8 nitrogen and oxygen atoms in total. The van der Waals surface area contributed by atoms with Gasteiger partial charge in [-0.1, -0.05) is 53.5 Å². The van der Waals surface area contributed by atoms with Crippen LogP contribution in [-0.4, -0.2) is 50.5 Å². The van der Waals surface area contributed by atoms with Gasteiger partial charge in [0.2, 0.25) is 5.91 Å². The number of benzene rings is 1. The zero-order valence-corrected chi connectivity index (χ0v) is 21.6. The molecule has 182 valence electrons. The van der Waals surface area contributed by atoms with E-state index in [0.29, 0.717) is 29.1 Å². The minimum atomic E-state index is -0.619. The monoisotopic (exact) mass is 558 g/mol. The number of likely N-dealkylation sites (tertiary alicyclic amines) is 1. The van der Waals surface area contributed by atoms with Crippen molar-refractivity contribution in [1.29, 1.82) is 0 Å². The van der Waals surface area contributed by atoms with E-state index in [2.05, 4.69) is 40.1 Å². The van der Waals surface area contributed by atoms with Crippen LogP contribution >= 0.6 is 27.5 Å².